The Morgan fingerprint density at radius 1 is 1.00 bits per heavy atom. The molecule has 0 fully saturated rings. The van der Waals surface area contributed by atoms with E-state index in [9.17, 15) is 5.11 Å². The lowest BCUT2D eigenvalue weighted by molar-refractivity contribution is 0.170. The van der Waals surface area contributed by atoms with Crippen molar-refractivity contribution in [2.24, 2.45) is 5.92 Å². The molecule has 0 spiro atoms. The molecule has 0 radical (unpaired) electrons. The largest absolute Gasteiger partial charge is 0.508 e. The molecular formula is C16H28N2O. The summed E-state index contributed by atoms with van der Waals surface area (Å²) in [5, 5.41) is 9.38. The Balaban J connectivity index is 2.74. The van der Waals surface area contributed by atoms with E-state index in [2.05, 4.69) is 44.7 Å². The first kappa shape index (κ1) is 16.0. The van der Waals surface area contributed by atoms with Gasteiger partial charge < -0.3 is 10.0 Å². The predicted molar refractivity (Wildman–Crippen MR) is 81.5 cm³/mol. The number of phenols is 1. The molecule has 1 unspecified atom stereocenters. The fraction of sp³-hybridized carbons (Fsp3) is 0.625. The zero-order valence-corrected chi connectivity index (χ0v) is 12.9. The summed E-state index contributed by atoms with van der Waals surface area (Å²) in [5.41, 5.74) is 1.26. The van der Waals surface area contributed by atoms with Crippen LogP contribution in [0.5, 0.6) is 5.75 Å². The third kappa shape index (κ3) is 5.62. The molecule has 0 aromatic heterocycles. The van der Waals surface area contributed by atoms with Crippen LogP contribution >= 0.6 is 0 Å². The topological polar surface area (TPSA) is 26.7 Å². The van der Waals surface area contributed by atoms with Gasteiger partial charge >= 0.3 is 0 Å². The summed E-state index contributed by atoms with van der Waals surface area (Å²) < 4.78 is 0. The summed E-state index contributed by atoms with van der Waals surface area (Å²) in [6, 6.07) is 7.95. The Hall–Kier alpha value is -1.06. The van der Waals surface area contributed by atoms with Gasteiger partial charge in [-0.05, 0) is 44.6 Å². The highest BCUT2D eigenvalue weighted by atomic mass is 16.3. The molecule has 0 saturated carbocycles. The molecule has 0 heterocycles. The third-order valence-electron chi connectivity index (χ3n) is 3.36. The van der Waals surface area contributed by atoms with Crippen molar-refractivity contribution in [3.05, 3.63) is 29.8 Å². The van der Waals surface area contributed by atoms with Crippen molar-refractivity contribution in [3.63, 3.8) is 0 Å². The summed E-state index contributed by atoms with van der Waals surface area (Å²) >= 11 is 0. The summed E-state index contributed by atoms with van der Waals surface area (Å²) in [6.07, 6.45) is 0. The fourth-order valence-corrected chi connectivity index (χ4v) is 2.20. The molecule has 1 aromatic rings. The lowest BCUT2D eigenvalue weighted by Gasteiger charge is -2.32. The standard InChI is InChI=1S/C16H28N2O/c1-13(2)12-18(11-10-17(4)5)14(3)15-6-8-16(19)9-7-15/h6-9,13-14,19H,10-12H2,1-5H3. The van der Waals surface area contributed by atoms with E-state index in [1.807, 2.05) is 12.1 Å². The van der Waals surface area contributed by atoms with E-state index in [0.29, 0.717) is 17.7 Å². The number of hydrogen-bond acceptors (Lipinski definition) is 3. The maximum absolute atomic E-state index is 9.38. The number of phenolic OH excluding ortho intramolecular Hbond substituents is 1. The van der Waals surface area contributed by atoms with Crippen LogP contribution in [0.1, 0.15) is 32.4 Å². The van der Waals surface area contributed by atoms with E-state index >= 15 is 0 Å². The summed E-state index contributed by atoms with van der Waals surface area (Å²) in [6.45, 7) is 9.97. The average Bonchev–Trinajstić information content (AvgIpc) is 2.34. The van der Waals surface area contributed by atoms with E-state index in [4.69, 9.17) is 0 Å². The number of rotatable bonds is 7. The third-order valence-corrected chi connectivity index (χ3v) is 3.36. The van der Waals surface area contributed by atoms with Crippen LogP contribution in [-0.2, 0) is 0 Å². The molecule has 19 heavy (non-hydrogen) atoms. The molecular weight excluding hydrogens is 236 g/mol. The molecule has 108 valence electrons. The molecule has 1 rings (SSSR count). The zero-order valence-electron chi connectivity index (χ0n) is 12.9. The lowest BCUT2D eigenvalue weighted by atomic mass is 10.0. The van der Waals surface area contributed by atoms with Gasteiger partial charge in [-0.2, -0.15) is 0 Å². The minimum absolute atomic E-state index is 0.333. The summed E-state index contributed by atoms with van der Waals surface area (Å²) in [4.78, 5) is 4.73. The smallest absolute Gasteiger partial charge is 0.115 e. The maximum Gasteiger partial charge on any atom is 0.115 e. The van der Waals surface area contributed by atoms with Gasteiger partial charge in [0.05, 0.1) is 0 Å². The van der Waals surface area contributed by atoms with Crippen LogP contribution in [0.2, 0.25) is 0 Å². The maximum atomic E-state index is 9.38. The van der Waals surface area contributed by atoms with Gasteiger partial charge in [0.2, 0.25) is 0 Å². The monoisotopic (exact) mass is 264 g/mol. The van der Waals surface area contributed by atoms with Gasteiger partial charge in [-0.1, -0.05) is 26.0 Å². The Bertz CT molecular complexity index is 360. The highest BCUT2D eigenvalue weighted by molar-refractivity contribution is 5.27. The molecule has 0 saturated heterocycles. The summed E-state index contributed by atoms with van der Waals surface area (Å²) in [5.74, 6) is 0.987. The van der Waals surface area contributed by atoms with Crippen LogP contribution in [0, 0.1) is 5.92 Å². The summed E-state index contributed by atoms with van der Waals surface area (Å²) in [7, 11) is 4.22. The van der Waals surface area contributed by atoms with Crippen molar-refractivity contribution in [2.75, 3.05) is 33.7 Å². The van der Waals surface area contributed by atoms with Crippen molar-refractivity contribution in [3.8, 4) is 5.75 Å². The number of benzene rings is 1. The second-order valence-electron chi connectivity index (χ2n) is 5.96. The van der Waals surface area contributed by atoms with Gasteiger partial charge in [-0.3, -0.25) is 4.90 Å². The van der Waals surface area contributed by atoms with Gasteiger partial charge in [-0.25, -0.2) is 0 Å². The second kappa shape index (κ2) is 7.51. The Morgan fingerprint density at radius 2 is 1.58 bits per heavy atom. The molecule has 0 aliphatic carbocycles. The van der Waals surface area contributed by atoms with Crippen LogP contribution in [0.4, 0.5) is 0 Å². The zero-order chi connectivity index (χ0) is 14.4. The van der Waals surface area contributed by atoms with Crippen LogP contribution in [0.25, 0.3) is 0 Å². The first-order valence-electron chi connectivity index (χ1n) is 7.08. The Kier molecular flexibility index (Phi) is 6.32. The first-order chi connectivity index (χ1) is 8.90. The van der Waals surface area contributed by atoms with Crippen molar-refractivity contribution >= 4 is 0 Å². The average molecular weight is 264 g/mol. The number of aromatic hydroxyl groups is 1. The molecule has 0 aliphatic rings. The van der Waals surface area contributed by atoms with Crippen LogP contribution in [0.15, 0.2) is 24.3 Å². The van der Waals surface area contributed by atoms with E-state index in [-0.39, 0.29) is 0 Å². The fourth-order valence-electron chi connectivity index (χ4n) is 2.20. The quantitative estimate of drug-likeness (QED) is 0.820. The van der Waals surface area contributed by atoms with E-state index < -0.39 is 0 Å². The molecule has 1 N–H and O–H groups in total. The van der Waals surface area contributed by atoms with Crippen LogP contribution in [-0.4, -0.2) is 48.6 Å². The minimum Gasteiger partial charge on any atom is -0.508 e. The highest BCUT2D eigenvalue weighted by Crippen LogP contribution is 2.23. The van der Waals surface area contributed by atoms with Crippen molar-refractivity contribution in [1.82, 2.24) is 9.80 Å². The predicted octanol–water partition coefficient (Wildman–Crippen LogP) is 2.97. The van der Waals surface area contributed by atoms with E-state index in [1.165, 1.54) is 5.56 Å². The van der Waals surface area contributed by atoms with Gasteiger partial charge in [0, 0.05) is 25.7 Å². The van der Waals surface area contributed by atoms with E-state index in [1.54, 1.807) is 12.1 Å². The lowest BCUT2D eigenvalue weighted by Crippen LogP contribution is -2.36. The Morgan fingerprint density at radius 3 is 2.05 bits per heavy atom. The highest BCUT2D eigenvalue weighted by Gasteiger charge is 2.16. The second-order valence-corrected chi connectivity index (χ2v) is 5.96. The molecule has 0 amide bonds. The van der Waals surface area contributed by atoms with Crippen molar-refractivity contribution in [2.45, 2.75) is 26.8 Å². The van der Waals surface area contributed by atoms with E-state index in [0.717, 1.165) is 19.6 Å². The SMILES string of the molecule is CC(C)CN(CCN(C)C)C(C)c1ccc(O)cc1. The molecule has 3 heteroatoms. The van der Waals surface area contributed by atoms with Crippen LogP contribution in [0.3, 0.4) is 0 Å². The normalized spacial score (nSPS) is 13.5. The van der Waals surface area contributed by atoms with Crippen molar-refractivity contribution in [1.29, 1.82) is 0 Å². The van der Waals surface area contributed by atoms with Gasteiger partial charge in [0.25, 0.3) is 0 Å². The van der Waals surface area contributed by atoms with Gasteiger partial charge in [0.15, 0.2) is 0 Å². The van der Waals surface area contributed by atoms with Crippen LogP contribution < -0.4 is 0 Å². The van der Waals surface area contributed by atoms with Gasteiger partial charge in [-0.15, -0.1) is 0 Å². The molecule has 1 atom stereocenters. The number of hydrogen-bond donors (Lipinski definition) is 1. The molecule has 1 aromatic carbocycles. The molecule has 0 bridgehead atoms. The minimum atomic E-state index is 0.333. The molecule has 0 aliphatic heterocycles. The molecule has 3 nitrogen and oxygen atoms in total. The first-order valence-corrected chi connectivity index (χ1v) is 7.08. The Labute approximate surface area is 117 Å². The number of nitrogens with zero attached hydrogens (tertiary/aromatic N) is 2. The van der Waals surface area contributed by atoms with Crippen molar-refractivity contribution < 1.29 is 5.11 Å². The number of likely N-dealkylation sites (N-methyl/N-ethyl adjacent to an activating group) is 1. The van der Waals surface area contributed by atoms with Gasteiger partial charge in [0.1, 0.15) is 5.75 Å².